The number of hydrogen-bond acceptors (Lipinski definition) is 6. The highest BCUT2D eigenvalue weighted by Gasteiger charge is 2.14. The number of halogens is 1. The summed E-state index contributed by atoms with van der Waals surface area (Å²) >= 11 is 3.29. The molecule has 0 aliphatic heterocycles. The molecule has 1 aromatic carbocycles. The molecule has 0 saturated carbocycles. The zero-order chi connectivity index (χ0) is 15.4. The van der Waals surface area contributed by atoms with Gasteiger partial charge in [0.2, 0.25) is 0 Å². The highest BCUT2D eigenvalue weighted by Crippen LogP contribution is 2.18. The van der Waals surface area contributed by atoms with E-state index in [9.17, 15) is 10.0 Å². The van der Waals surface area contributed by atoms with Crippen molar-refractivity contribution in [2.75, 3.05) is 18.5 Å². The summed E-state index contributed by atoms with van der Waals surface area (Å²) in [5.41, 5.74) is 0.894. The number of benzene rings is 1. The third-order valence-corrected chi connectivity index (χ3v) is 3.31. The highest BCUT2D eigenvalue weighted by molar-refractivity contribution is 9.10. The Morgan fingerprint density at radius 2 is 2.29 bits per heavy atom. The van der Waals surface area contributed by atoms with Crippen LogP contribution in [-0.2, 0) is 9.53 Å². The number of rotatable bonds is 5. The highest BCUT2D eigenvalue weighted by atomic mass is 79.9. The molecule has 7 nitrogen and oxygen atoms in total. The van der Waals surface area contributed by atoms with Crippen molar-refractivity contribution in [1.82, 2.24) is 10.1 Å². The molecule has 1 heterocycles. The lowest BCUT2D eigenvalue weighted by molar-refractivity contribution is -0.642. The number of anilines is 1. The van der Waals surface area contributed by atoms with E-state index in [4.69, 9.17) is 4.74 Å². The van der Waals surface area contributed by atoms with E-state index >= 15 is 0 Å². The molecule has 0 spiro atoms. The van der Waals surface area contributed by atoms with E-state index in [1.807, 2.05) is 0 Å². The normalized spacial score (nSPS) is 10.9. The second-order valence-corrected chi connectivity index (χ2v) is 5.52. The Bertz CT molecular complexity index is 663. The van der Waals surface area contributed by atoms with Gasteiger partial charge in [-0.25, -0.2) is 4.98 Å². The smallest absolute Gasteiger partial charge is 0.308 e. The molecule has 0 aliphatic rings. The summed E-state index contributed by atoms with van der Waals surface area (Å²) in [6.45, 7) is 4.05. The lowest BCUT2D eigenvalue weighted by Gasteiger charge is -2.08. The molecule has 112 valence electrons. The van der Waals surface area contributed by atoms with Gasteiger partial charge in [0.1, 0.15) is 12.1 Å². The molecule has 0 atom stereocenters. The zero-order valence-electron chi connectivity index (χ0n) is 11.7. The number of fused-ring (bicyclic) bond motifs is 1. The van der Waals surface area contributed by atoms with Gasteiger partial charge in [-0.15, -0.1) is 0 Å². The first-order chi connectivity index (χ1) is 9.99. The molecule has 0 fully saturated rings. The fourth-order valence-corrected chi connectivity index (χ4v) is 2.12. The Kier molecular flexibility index (Phi) is 4.89. The number of hydrogen-bond donors (Lipinski definition) is 1. The van der Waals surface area contributed by atoms with Crippen molar-refractivity contribution in [3.63, 3.8) is 0 Å². The topological polar surface area (TPSA) is 91.0 Å². The van der Waals surface area contributed by atoms with Crippen LogP contribution < -0.4 is 10.2 Å². The predicted molar refractivity (Wildman–Crippen MR) is 80.5 cm³/mol. The lowest BCUT2D eigenvalue weighted by atomic mass is 10.2. The van der Waals surface area contributed by atoms with Gasteiger partial charge in [-0.1, -0.05) is 19.9 Å². The van der Waals surface area contributed by atoms with Crippen LogP contribution in [0.4, 0.5) is 5.95 Å². The van der Waals surface area contributed by atoms with E-state index in [1.54, 1.807) is 32.0 Å². The van der Waals surface area contributed by atoms with Gasteiger partial charge in [0.25, 0.3) is 11.5 Å². The number of para-hydroxylation sites is 1. The summed E-state index contributed by atoms with van der Waals surface area (Å²) in [5.74, 6) is -0.238. The average molecular weight is 355 g/mol. The Morgan fingerprint density at radius 3 is 3.00 bits per heavy atom. The zero-order valence-corrected chi connectivity index (χ0v) is 13.3. The quantitative estimate of drug-likeness (QED) is 0.379. The average Bonchev–Trinajstić information content (AvgIpc) is 2.43. The van der Waals surface area contributed by atoms with Crippen LogP contribution in [0.1, 0.15) is 13.8 Å². The second kappa shape index (κ2) is 6.66. The number of nitrogens with zero attached hydrogens (tertiary/aromatic N) is 3. The van der Waals surface area contributed by atoms with Crippen molar-refractivity contribution in [3.8, 4) is 0 Å². The van der Waals surface area contributed by atoms with Crippen molar-refractivity contribution in [2.45, 2.75) is 13.8 Å². The van der Waals surface area contributed by atoms with E-state index in [0.717, 1.165) is 0 Å². The molecule has 2 aromatic rings. The van der Waals surface area contributed by atoms with E-state index in [1.165, 1.54) is 0 Å². The Labute approximate surface area is 130 Å². The maximum atomic E-state index is 11.9. The van der Waals surface area contributed by atoms with Gasteiger partial charge in [0.15, 0.2) is 0 Å². The lowest BCUT2D eigenvalue weighted by Crippen LogP contribution is -2.34. The molecule has 2 rings (SSSR count). The van der Waals surface area contributed by atoms with Gasteiger partial charge < -0.3 is 15.3 Å². The Hall–Kier alpha value is -1.96. The molecular weight excluding hydrogens is 340 g/mol. The summed E-state index contributed by atoms with van der Waals surface area (Å²) in [5, 5.41) is 18.5. The Balaban J connectivity index is 2.02. The summed E-state index contributed by atoms with van der Waals surface area (Å²) in [6.07, 6.45) is 0. The van der Waals surface area contributed by atoms with Gasteiger partial charge in [-0.3, -0.25) is 4.79 Å². The first-order valence-corrected chi connectivity index (χ1v) is 7.25. The number of carbonyl (C=O) groups excluding carboxylic acids is 1. The minimum absolute atomic E-state index is 0.164. The van der Waals surface area contributed by atoms with Gasteiger partial charge in [0, 0.05) is 0 Å². The summed E-state index contributed by atoms with van der Waals surface area (Å²) in [4.78, 5) is 16.0. The van der Waals surface area contributed by atoms with Crippen LogP contribution in [-0.4, -0.2) is 29.2 Å². The number of ether oxygens (including phenoxy) is 1. The molecule has 0 unspecified atom stereocenters. The van der Waals surface area contributed by atoms with Crippen LogP contribution in [0.15, 0.2) is 22.7 Å². The predicted octanol–water partition coefficient (Wildman–Crippen LogP) is 1.64. The monoisotopic (exact) mass is 354 g/mol. The summed E-state index contributed by atoms with van der Waals surface area (Å²) in [7, 11) is 0. The molecule has 1 aromatic heterocycles. The third kappa shape index (κ3) is 3.78. The number of carbonyl (C=O) groups is 1. The molecule has 21 heavy (non-hydrogen) atoms. The molecule has 0 radical (unpaired) electrons. The van der Waals surface area contributed by atoms with Crippen LogP contribution in [0.25, 0.3) is 11.0 Å². The maximum absolute atomic E-state index is 11.9. The summed E-state index contributed by atoms with van der Waals surface area (Å²) in [6, 6.07) is 5.26. The standard InChI is InChI=1S/C13H15BrN4O3/c1-8(2)12(19)21-7-6-15-13-16-10-5-3-4-9(14)11(10)18(20)17-13/h3-5,8H,6-7H2,1-2H3,(H,15,16,17). The van der Waals surface area contributed by atoms with Crippen LogP contribution in [0, 0.1) is 11.1 Å². The van der Waals surface area contributed by atoms with Crippen molar-refractivity contribution >= 4 is 38.9 Å². The van der Waals surface area contributed by atoms with Crippen molar-refractivity contribution < 1.29 is 14.4 Å². The molecule has 1 N–H and O–H groups in total. The van der Waals surface area contributed by atoms with E-state index in [2.05, 4.69) is 31.3 Å². The molecule has 0 bridgehead atoms. The van der Waals surface area contributed by atoms with Crippen LogP contribution >= 0.6 is 15.9 Å². The Morgan fingerprint density at radius 1 is 1.52 bits per heavy atom. The first kappa shape index (κ1) is 15.4. The number of esters is 1. The molecule has 0 aliphatic carbocycles. The van der Waals surface area contributed by atoms with Crippen molar-refractivity contribution in [3.05, 3.63) is 27.9 Å². The SMILES string of the molecule is CC(C)C(=O)OCCNc1nc2cccc(Br)c2[n+]([O-])n1. The maximum Gasteiger partial charge on any atom is 0.308 e. The van der Waals surface area contributed by atoms with Gasteiger partial charge in [-0.2, -0.15) is 0 Å². The second-order valence-electron chi connectivity index (χ2n) is 4.66. The number of nitrogens with one attached hydrogen (secondary N) is 1. The molecule has 8 heteroatoms. The summed E-state index contributed by atoms with van der Waals surface area (Å²) < 4.78 is 5.64. The first-order valence-electron chi connectivity index (χ1n) is 6.45. The fraction of sp³-hybridized carbons (Fsp3) is 0.385. The molecular formula is C13H15BrN4O3. The van der Waals surface area contributed by atoms with Crippen molar-refractivity contribution in [1.29, 1.82) is 0 Å². The van der Waals surface area contributed by atoms with Gasteiger partial charge in [-0.05, 0) is 32.9 Å². The van der Waals surface area contributed by atoms with Crippen LogP contribution in [0.5, 0.6) is 0 Å². The minimum atomic E-state index is -0.265. The van der Waals surface area contributed by atoms with Crippen molar-refractivity contribution in [2.24, 2.45) is 5.92 Å². The van der Waals surface area contributed by atoms with Crippen LogP contribution in [0.3, 0.4) is 0 Å². The molecule has 0 amide bonds. The van der Waals surface area contributed by atoms with E-state index < -0.39 is 0 Å². The number of aromatic nitrogens is 3. The van der Waals surface area contributed by atoms with Crippen LogP contribution in [0.2, 0.25) is 0 Å². The largest absolute Gasteiger partial charge is 0.594 e. The molecule has 0 saturated heterocycles. The minimum Gasteiger partial charge on any atom is -0.594 e. The van der Waals surface area contributed by atoms with Gasteiger partial charge >= 0.3 is 5.97 Å². The van der Waals surface area contributed by atoms with E-state index in [-0.39, 0.29) is 24.4 Å². The van der Waals surface area contributed by atoms with E-state index in [0.29, 0.717) is 26.9 Å². The third-order valence-electron chi connectivity index (χ3n) is 2.67. The fourth-order valence-electron chi connectivity index (χ4n) is 1.61. The van der Waals surface area contributed by atoms with Gasteiger partial charge in [0.05, 0.1) is 22.0 Å².